The summed E-state index contributed by atoms with van der Waals surface area (Å²) in [7, 11) is 0. The second-order valence-electron chi connectivity index (χ2n) is 6.62. The Kier molecular flexibility index (Phi) is 2.75. The van der Waals surface area contributed by atoms with E-state index in [-0.39, 0.29) is 0 Å². The number of rotatable bonds is 1. The highest BCUT2D eigenvalue weighted by molar-refractivity contribution is 5.08. The van der Waals surface area contributed by atoms with Gasteiger partial charge in [0.1, 0.15) is 0 Å². The lowest BCUT2D eigenvalue weighted by Gasteiger charge is -2.39. The van der Waals surface area contributed by atoms with Gasteiger partial charge in [0.2, 0.25) is 0 Å². The Bertz CT molecular complexity index is 255. The molecule has 0 aromatic rings. The molecule has 0 bridgehead atoms. The summed E-state index contributed by atoms with van der Waals surface area (Å²) < 4.78 is 0. The van der Waals surface area contributed by atoms with Crippen molar-refractivity contribution in [3.8, 4) is 0 Å². The molecule has 92 valence electrons. The van der Waals surface area contributed by atoms with Crippen LogP contribution in [0.15, 0.2) is 0 Å². The first-order valence-corrected chi connectivity index (χ1v) is 7.21. The summed E-state index contributed by atoms with van der Waals surface area (Å²) >= 11 is 0. The van der Waals surface area contributed by atoms with Gasteiger partial charge in [-0.1, -0.05) is 6.42 Å². The van der Waals surface area contributed by atoms with Crippen molar-refractivity contribution in [2.45, 2.75) is 76.4 Å². The fourth-order valence-corrected chi connectivity index (χ4v) is 4.12. The lowest BCUT2D eigenvalue weighted by atomic mass is 9.74. The molecule has 1 saturated heterocycles. The summed E-state index contributed by atoms with van der Waals surface area (Å²) in [5.74, 6) is 0.946. The van der Waals surface area contributed by atoms with Gasteiger partial charge in [0, 0.05) is 18.1 Å². The van der Waals surface area contributed by atoms with Crippen LogP contribution in [0, 0.1) is 11.3 Å². The first kappa shape index (κ1) is 11.0. The van der Waals surface area contributed by atoms with Crippen molar-refractivity contribution in [3.05, 3.63) is 0 Å². The molecular weight excluding hydrogens is 196 g/mol. The molecule has 1 aliphatic heterocycles. The lowest BCUT2D eigenvalue weighted by molar-refractivity contribution is 0.171. The third-order valence-corrected chi connectivity index (χ3v) is 5.50. The molecule has 16 heavy (non-hydrogen) atoms. The monoisotopic (exact) mass is 222 g/mol. The zero-order valence-corrected chi connectivity index (χ0v) is 10.5. The van der Waals surface area contributed by atoms with Crippen LogP contribution in [-0.4, -0.2) is 18.1 Å². The Morgan fingerprint density at radius 3 is 2.38 bits per heavy atom. The summed E-state index contributed by atoms with van der Waals surface area (Å²) in [6.45, 7) is 2.34. The average Bonchev–Trinajstić information content (AvgIpc) is 2.89. The van der Waals surface area contributed by atoms with E-state index in [4.69, 9.17) is 5.73 Å². The first-order valence-electron chi connectivity index (χ1n) is 7.21. The van der Waals surface area contributed by atoms with E-state index in [2.05, 4.69) is 12.2 Å². The maximum atomic E-state index is 6.06. The zero-order valence-electron chi connectivity index (χ0n) is 10.5. The topological polar surface area (TPSA) is 38.0 Å². The highest BCUT2D eigenvalue weighted by atomic mass is 15.0. The normalized spacial score (nSPS) is 52.9. The molecule has 2 saturated carbocycles. The second kappa shape index (κ2) is 3.99. The largest absolute Gasteiger partial charge is 0.327 e. The molecule has 3 unspecified atom stereocenters. The van der Waals surface area contributed by atoms with Gasteiger partial charge < -0.3 is 11.1 Å². The molecule has 3 rings (SSSR count). The molecule has 1 heterocycles. The fraction of sp³-hybridized carbons (Fsp3) is 1.00. The molecule has 0 radical (unpaired) electrons. The van der Waals surface area contributed by atoms with Crippen LogP contribution in [0.1, 0.15) is 58.3 Å². The molecular formula is C14H26N2. The van der Waals surface area contributed by atoms with Gasteiger partial charge in [-0.15, -0.1) is 0 Å². The van der Waals surface area contributed by atoms with Crippen LogP contribution >= 0.6 is 0 Å². The molecule has 0 aromatic carbocycles. The minimum absolute atomic E-state index is 0.548. The van der Waals surface area contributed by atoms with Gasteiger partial charge in [0.25, 0.3) is 0 Å². The van der Waals surface area contributed by atoms with Crippen molar-refractivity contribution in [2.75, 3.05) is 0 Å². The number of hydrogen-bond acceptors (Lipinski definition) is 2. The van der Waals surface area contributed by atoms with E-state index in [0.29, 0.717) is 11.5 Å². The SMILES string of the molecule is CC1CCCC(C2CCC3(CC2)CC3N)N1. The third-order valence-electron chi connectivity index (χ3n) is 5.50. The second-order valence-corrected chi connectivity index (χ2v) is 6.62. The van der Waals surface area contributed by atoms with Crippen LogP contribution in [0.3, 0.4) is 0 Å². The average molecular weight is 222 g/mol. The molecule has 0 amide bonds. The predicted molar refractivity (Wildman–Crippen MR) is 67.2 cm³/mol. The Morgan fingerprint density at radius 2 is 1.81 bits per heavy atom. The van der Waals surface area contributed by atoms with E-state index in [1.165, 1.54) is 51.4 Å². The van der Waals surface area contributed by atoms with Gasteiger partial charge in [0.15, 0.2) is 0 Å². The van der Waals surface area contributed by atoms with Gasteiger partial charge in [-0.05, 0) is 63.2 Å². The van der Waals surface area contributed by atoms with Gasteiger partial charge in [-0.3, -0.25) is 0 Å². The molecule has 1 spiro atoms. The summed E-state index contributed by atoms with van der Waals surface area (Å²) in [5, 5.41) is 3.81. The van der Waals surface area contributed by atoms with Crippen molar-refractivity contribution >= 4 is 0 Å². The van der Waals surface area contributed by atoms with Crippen LogP contribution in [0.25, 0.3) is 0 Å². The van der Waals surface area contributed by atoms with Gasteiger partial charge in [-0.25, -0.2) is 0 Å². The Hall–Kier alpha value is -0.0800. The summed E-state index contributed by atoms with van der Waals surface area (Å²) in [4.78, 5) is 0. The number of nitrogens with one attached hydrogen (secondary N) is 1. The number of hydrogen-bond donors (Lipinski definition) is 2. The van der Waals surface area contributed by atoms with Crippen LogP contribution in [0.5, 0.6) is 0 Å². The van der Waals surface area contributed by atoms with Gasteiger partial charge in [-0.2, -0.15) is 0 Å². The molecule has 3 fully saturated rings. The Labute approximate surface area is 99.4 Å². The molecule has 0 aromatic heterocycles. The van der Waals surface area contributed by atoms with Crippen molar-refractivity contribution in [1.82, 2.24) is 5.32 Å². The third kappa shape index (κ3) is 1.91. The highest BCUT2D eigenvalue weighted by Gasteiger charge is 2.53. The summed E-state index contributed by atoms with van der Waals surface area (Å²) in [5.41, 5.74) is 6.67. The zero-order chi connectivity index (χ0) is 11.2. The molecule has 3 atom stereocenters. The molecule has 2 nitrogen and oxygen atoms in total. The van der Waals surface area contributed by atoms with E-state index < -0.39 is 0 Å². The van der Waals surface area contributed by atoms with E-state index in [0.717, 1.165) is 18.0 Å². The maximum Gasteiger partial charge on any atom is 0.0102 e. The van der Waals surface area contributed by atoms with Crippen LogP contribution in [0.4, 0.5) is 0 Å². The summed E-state index contributed by atoms with van der Waals surface area (Å²) in [6, 6.07) is 2.11. The van der Waals surface area contributed by atoms with Gasteiger partial charge in [0.05, 0.1) is 0 Å². The minimum atomic E-state index is 0.548. The van der Waals surface area contributed by atoms with Crippen LogP contribution in [0.2, 0.25) is 0 Å². The van der Waals surface area contributed by atoms with E-state index in [9.17, 15) is 0 Å². The van der Waals surface area contributed by atoms with Crippen molar-refractivity contribution in [2.24, 2.45) is 17.1 Å². The van der Waals surface area contributed by atoms with Crippen LogP contribution < -0.4 is 11.1 Å². The first-order chi connectivity index (χ1) is 7.70. The van der Waals surface area contributed by atoms with Crippen molar-refractivity contribution < 1.29 is 0 Å². The van der Waals surface area contributed by atoms with E-state index >= 15 is 0 Å². The molecule has 2 aliphatic carbocycles. The van der Waals surface area contributed by atoms with E-state index in [1.54, 1.807) is 0 Å². The number of nitrogens with two attached hydrogens (primary N) is 1. The predicted octanol–water partition coefficient (Wildman–Crippen LogP) is 2.42. The molecule has 2 heteroatoms. The molecule has 3 aliphatic rings. The smallest absolute Gasteiger partial charge is 0.0102 e. The Balaban J connectivity index is 1.53. The lowest BCUT2D eigenvalue weighted by Crippen LogP contribution is -2.46. The quantitative estimate of drug-likeness (QED) is 0.715. The number of piperidine rings is 1. The van der Waals surface area contributed by atoms with Gasteiger partial charge >= 0.3 is 0 Å². The summed E-state index contributed by atoms with van der Waals surface area (Å²) in [6.07, 6.45) is 11.2. The molecule has 3 N–H and O–H groups in total. The standard InChI is InChI=1S/C14H26N2/c1-10-3-2-4-12(16-10)11-5-7-14(8-6-11)9-13(14)15/h10-13,16H,2-9,15H2,1H3. The van der Waals surface area contributed by atoms with E-state index in [1.807, 2.05) is 0 Å². The minimum Gasteiger partial charge on any atom is -0.327 e. The van der Waals surface area contributed by atoms with Crippen LogP contribution in [-0.2, 0) is 0 Å². The maximum absolute atomic E-state index is 6.06. The van der Waals surface area contributed by atoms with Crippen molar-refractivity contribution in [3.63, 3.8) is 0 Å². The Morgan fingerprint density at radius 1 is 1.12 bits per heavy atom. The highest BCUT2D eigenvalue weighted by Crippen LogP contribution is 2.56. The van der Waals surface area contributed by atoms with Crippen molar-refractivity contribution in [1.29, 1.82) is 0 Å². The fourth-order valence-electron chi connectivity index (χ4n) is 4.12.